The van der Waals surface area contributed by atoms with Crippen molar-refractivity contribution in [2.45, 2.75) is 18.9 Å². The lowest BCUT2D eigenvalue weighted by Gasteiger charge is -2.12. The van der Waals surface area contributed by atoms with Crippen molar-refractivity contribution in [2.24, 2.45) is 5.73 Å². The molecule has 3 heteroatoms. The van der Waals surface area contributed by atoms with Crippen molar-refractivity contribution in [2.75, 3.05) is 26.3 Å². The molecule has 1 atom stereocenters. The van der Waals surface area contributed by atoms with Gasteiger partial charge in [0.05, 0.1) is 6.67 Å². The molecule has 0 radical (unpaired) electrons. The zero-order valence-corrected chi connectivity index (χ0v) is 6.22. The van der Waals surface area contributed by atoms with Gasteiger partial charge in [-0.2, -0.15) is 0 Å². The summed E-state index contributed by atoms with van der Waals surface area (Å²) in [5, 5.41) is 0. The topological polar surface area (TPSA) is 29.3 Å². The molecule has 0 aliphatic carbocycles. The van der Waals surface area contributed by atoms with E-state index in [0.29, 0.717) is 12.5 Å². The first-order valence-corrected chi connectivity index (χ1v) is 3.87. The molecule has 0 aromatic heterocycles. The van der Waals surface area contributed by atoms with Gasteiger partial charge in [0, 0.05) is 19.1 Å². The molecular weight excluding hydrogens is 131 g/mol. The van der Waals surface area contributed by atoms with E-state index < -0.39 is 0 Å². The maximum Gasteiger partial charge on any atom is 0.0906 e. The third-order valence-electron chi connectivity index (χ3n) is 1.92. The molecular formula is C7H15FN2. The normalized spacial score (nSPS) is 27.6. The van der Waals surface area contributed by atoms with Gasteiger partial charge in [-0.25, -0.2) is 0 Å². The van der Waals surface area contributed by atoms with Crippen molar-refractivity contribution in [3.05, 3.63) is 0 Å². The first-order chi connectivity index (χ1) is 4.83. The molecule has 10 heavy (non-hydrogen) atoms. The molecule has 2 N–H and O–H groups in total. The number of nitrogens with two attached hydrogens (primary N) is 1. The van der Waals surface area contributed by atoms with Gasteiger partial charge in [-0.15, -0.1) is 0 Å². The van der Waals surface area contributed by atoms with Crippen LogP contribution in [-0.4, -0.2) is 37.3 Å². The van der Waals surface area contributed by atoms with Crippen molar-refractivity contribution in [1.82, 2.24) is 4.90 Å². The number of hydrogen-bond acceptors (Lipinski definition) is 2. The van der Waals surface area contributed by atoms with Gasteiger partial charge < -0.3 is 10.6 Å². The summed E-state index contributed by atoms with van der Waals surface area (Å²) >= 11 is 0. The minimum atomic E-state index is -0.203. The Balaban J connectivity index is 2.06. The number of halogens is 1. The fourth-order valence-electron chi connectivity index (χ4n) is 1.35. The van der Waals surface area contributed by atoms with Crippen molar-refractivity contribution < 1.29 is 4.39 Å². The summed E-state index contributed by atoms with van der Waals surface area (Å²) in [7, 11) is 0. The summed E-state index contributed by atoms with van der Waals surface area (Å²) in [4.78, 5) is 2.23. The maximum absolute atomic E-state index is 11.7. The number of hydrogen-bond donors (Lipinski definition) is 1. The van der Waals surface area contributed by atoms with E-state index in [1.54, 1.807) is 0 Å². The van der Waals surface area contributed by atoms with E-state index in [4.69, 9.17) is 5.73 Å². The Morgan fingerprint density at radius 2 is 2.40 bits per heavy atom. The summed E-state index contributed by atoms with van der Waals surface area (Å²) < 4.78 is 11.7. The van der Waals surface area contributed by atoms with Crippen molar-refractivity contribution in [3.63, 3.8) is 0 Å². The second-order valence-corrected chi connectivity index (χ2v) is 2.89. The van der Waals surface area contributed by atoms with Gasteiger partial charge in [-0.1, -0.05) is 0 Å². The highest BCUT2D eigenvalue weighted by Gasteiger charge is 2.17. The average molecular weight is 146 g/mol. The molecule has 0 amide bonds. The monoisotopic (exact) mass is 146 g/mol. The lowest BCUT2D eigenvalue weighted by atomic mass is 10.3. The fourth-order valence-corrected chi connectivity index (χ4v) is 1.35. The quantitative estimate of drug-likeness (QED) is 0.623. The third-order valence-corrected chi connectivity index (χ3v) is 1.92. The number of rotatable bonds is 3. The zero-order valence-electron chi connectivity index (χ0n) is 6.22. The third kappa shape index (κ3) is 2.23. The SMILES string of the molecule is N[C@H]1CCN(CCCF)C1. The molecule has 1 aliphatic rings. The van der Waals surface area contributed by atoms with Gasteiger partial charge in [0.15, 0.2) is 0 Å². The molecule has 0 spiro atoms. The first kappa shape index (κ1) is 7.95. The van der Waals surface area contributed by atoms with Crippen molar-refractivity contribution in [1.29, 1.82) is 0 Å². The molecule has 2 nitrogen and oxygen atoms in total. The van der Waals surface area contributed by atoms with Crippen molar-refractivity contribution in [3.8, 4) is 0 Å². The van der Waals surface area contributed by atoms with E-state index in [0.717, 1.165) is 26.1 Å². The Kier molecular flexibility index (Phi) is 3.09. The van der Waals surface area contributed by atoms with Gasteiger partial charge in [0.2, 0.25) is 0 Å². The Morgan fingerprint density at radius 1 is 1.60 bits per heavy atom. The average Bonchev–Trinajstić information content (AvgIpc) is 2.31. The minimum Gasteiger partial charge on any atom is -0.326 e. The van der Waals surface area contributed by atoms with E-state index in [-0.39, 0.29) is 6.67 Å². The van der Waals surface area contributed by atoms with Crippen molar-refractivity contribution >= 4 is 0 Å². The second-order valence-electron chi connectivity index (χ2n) is 2.89. The van der Waals surface area contributed by atoms with Crippen LogP contribution in [0.1, 0.15) is 12.8 Å². The number of alkyl halides is 1. The Morgan fingerprint density at radius 3 is 2.90 bits per heavy atom. The fraction of sp³-hybridized carbons (Fsp3) is 1.00. The van der Waals surface area contributed by atoms with Crippen LogP contribution >= 0.6 is 0 Å². The first-order valence-electron chi connectivity index (χ1n) is 3.87. The van der Waals surface area contributed by atoms with E-state index in [1.807, 2.05) is 0 Å². The van der Waals surface area contributed by atoms with Gasteiger partial charge in [-0.05, 0) is 19.4 Å². The highest BCUT2D eigenvalue weighted by molar-refractivity contribution is 4.77. The predicted molar refractivity (Wildman–Crippen MR) is 39.6 cm³/mol. The van der Waals surface area contributed by atoms with Crippen LogP contribution in [-0.2, 0) is 0 Å². The number of likely N-dealkylation sites (tertiary alicyclic amines) is 1. The van der Waals surface area contributed by atoms with E-state index in [2.05, 4.69) is 4.90 Å². The molecule has 0 unspecified atom stereocenters. The molecule has 1 heterocycles. The summed E-state index contributed by atoms with van der Waals surface area (Å²) in [6.07, 6.45) is 1.74. The molecule has 1 aliphatic heterocycles. The van der Waals surface area contributed by atoms with Crippen LogP contribution in [0.3, 0.4) is 0 Å². The Hall–Kier alpha value is -0.150. The van der Waals surface area contributed by atoms with Crippen LogP contribution < -0.4 is 5.73 Å². The zero-order chi connectivity index (χ0) is 7.40. The van der Waals surface area contributed by atoms with Gasteiger partial charge in [-0.3, -0.25) is 4.39 Å². The molecule has 60 valence electrons. The van der Waals surface area contributed by atoms with Gasteiger partial charge in [0.1, 0.15) is 0 Å². The molecule has 0 aromatic rings. The van der Waals surface area contributed by atoms with E-state index >= 15 is 0 Å². The van der Waals surface area contributed by atoms with E-state index in [1.165, 1.54) is 0 Å². The van der Waals surface area contributed by atoms with Crippen LogP contribution in [0.5, 0.6) is 0 Å². The smallest absolute Gasteiger partial charge is 0.0906 e. The van der Waals surface area contributed by atoms with Gasteiger partial charge in [0.25, 0.3) is 0 Å². The maximum atomic E-state index is 11.7. The number of nitrogens with zero attached hydrogens (tertiary/aromatic N) is 1. The standard InChI is InChI=1S/C7H15FN2/c8-3-1-4-10-5-2-7(9)6-10/h7H,1-6,9H2/t7-/m0/s1. The Bertz CT molecular complexity index is 97.6. The summed E-state index contributed by atoms with van der Waals surface area (Å²) in [5.41, 5.74) is 5.66. The van der Waals surface area contributed by atoms with E-state index in [9.17, 15) is 4.39 Å². The lowest BCUT2D eigenvalue weighted by molar-refractivity contribution is 0.309. The van der Waals surface area contributed by atoms with Crippen LogP contribution in [0.25, 0.3) is 0 Å². The largest absolute Gasteiger partial charge is 0.326 e. The summed E-state index contributed by atoms with van der Waals surface area (Å²) in [6.45, 7) is 2.69. The summed E-state index contributed by atoms with van der Waals surface area (Å²) in [6, 6.07) is 0.333. The highest BCUT2D eigenvalue weighted by atomic mass is 19.1. The highest BCUT2D eigenvalue weighted by Crippen LogP contribution is 2.06. The van der Waals surface area contributed by atoms with Crippen LogP contribution in [0.2, 0.25) is 0 Å². The molecule has 0 bridgehead atoms. The molecule has 1 rings (SSSR count). The molecule has 1 saturated heterocycles. The molecule has 0 saturated carbocycles. The molecule has 0 aromatic carbocycles. The van der Waals surface area contributed by atoms with Gasteiger partial charge >= 0.3 is 0 Å². The lowest BCUT2D eigenvalue weighted by Crippen LogP contribution is -2.27. The van der Waals surface area contributed by atoms with Crippen LogP contribution in [0, 0.1) is 0 Å². The van der Waals surface area contributed by atoms with Crippen LogP contribution in [0.15, 0.2) is 0 Å². The summed E-state index contributed by atoms with van der Waals surface area (Å²) in [5.74, 6) is 0. The minimum absolute atomic E-state index is 0.203. The second kappa shape index (κ2) is 3.88. The van der Waals surface area contributed by atoms with Crippen LogP contribution in [0.4, 0.5) is 4.39 Å². The molecule has 1 fully saturated rings. The predicted octanol–water partition coefficient (Wildman–Crippen LogP) is 0.379. The Labute approximate surface area is 61.2 Å².